The fourth-order valence-corrected chi connectivity index (χ4v) is 2.77. The van der Waals surface area contributed by atoms with Crippen molar-refractivity contribution in [1.82, 2.24) is 0 Å². The number of carboxylic acid groups (broad SMARTS) is 1. The summed E-state index contributed by atoms with van der Waals surface area (Å²) in [5.74, 6) is -2.45. The number of carbonyl (C=O) groups excluding carboxylic acids is 1. The van der Waals surface area contributed by atoms with Crippen molar-refractivity contribution in [2.45, 2.75) is 26.9 Å². The summed E-state index contributed by atoms with van der Waals surface area (Å²) in [6, 6.07) is 6.96. The fourth-order valence-electron chi connectivity index (χ4n) is 2.77. The summed E-state index contributed by atoms with van der Waals surface area (Å²) in [6.45, 7) is 5.17. The minimum absolute atomic E-state index is 0.310. The van der Waals surface area contributed by atoms with Gasteiger partial charge < -0.3 is 15.5 Å². The number of nitrogens with one attached hydrogen (secondary N) is 1. The molecule has 1 amide bonds. The van der Waals surface area contributed by atoms with E-state index in [0.717, 1.165) is 0 Å². The van der Waals surface area contributed by atoms with Crippen LogP contribution >= 0.6 is 0 Å². The van der Waals surface area contributed by atoms with E-state index in [1.165, 1.54) is 0 Å². The summed E-state index contributed by atoms with van der Waals surface area (Å²) in [5.41, 5.74) is 0.612. The second kappa shape index (κ2) is 4.90. The third kappa shape index (κ3) is 2.41. The highest BCUT2D eigenvalue weighted by atomic mass is 16.4. The Labute approximate surface area is 117 Å². The molecule has 0 saturated heterocycles. The van der Waals surface area contributed by atoms with Crippen LogP contribution in [0.5, 0.6) is 0 Å². The van der Waals surface area contributed by atoms with Gasteiger partial charge in [-0.25, -0.2) is 0 Å². The molecule has 0 bridgehead atoms. The van der Waals surface area contributed by atoms with E-state index in [2.05, 4.69) is 5.32 Å². The van der Waals surface area contributed by atoms with Crippen LogP contribution in [0.3, 0.4) is 0 Å². The van der Waals surface area contributed by atoms with Gasteiger partial charge in [-0.3, -0.25) is 9.59 Å². The summed E-state index contributed by atoms with van der Waals surface area (Å²) in [4.78, 5) is 23.3. The molecule has 1 aromatic carbocycles. The van der Waals surface area contributed by atoms with Gasteiger partial charge in [0.05, 0.1) is 17.9 Å². The van der Waals surface area contributed by atoms with Gasteiger partial charge in [0, 0.05) is 11.3 Å². The van der Waals surface area contributed by atoms with Crippen LogP contribution in [0.4, 0.5) is 5.69 Å². The number of aliphatic hydroxyl groups is 1. The predicted octanol–water partition coefficient (Wildman–Crippen LogP) is 2.04. The Morgan fingerprint density at radius 2 is 1.85 bits per heavy atom. The highest BCUT2D eigenvalue weighted by molar-refractivity contribution is 6.00. The molecule has 5 heteroatoms. The van der Waals surface area contributed by atoms with Crippen LogP contribution in [-0.2, 0) is 9.59 Å². The van der Waals surface area contributed by atoms with Crippen molar-refractivity contribution < 1.29 is 19.8 Å². The molecule has 1 fully saturated rings. The molecule has 20 heavy (non-hydrogen) atoms. The van der Waals surface area contributed by atoms with Gasteiger partial charge in [-0.1, -0.05) is 32.0 Å². The SMILES string of the molecule is CC(O)c1ccccc1NC(=O)[C@H]1[C@@H](C(=O)O)C1(C)C. The molecule has 1 aliphatic rings. The molecule has 3 N–H and O–H groups in total. The van der Waals surface area contributed by atoms with Crippen LogP contribution in [0.25, 0.3) is 0 Å². The Morgan fingerprint density at radius 1 is 1.25 bits per heavy atom. The van der Waals surface area contributed by atoms with Gasteiger partial charge in [0.1, 0.15) is 0 Å². The molecule has 0 aromatic heterocycles. The molecule has 5 nitrogen and oxygen atoms in total. The number of rotatable bonds is 4. The zero-order valence-corrected chi connectivity index (χ0v) is 11.8. The maximum absolute atomic E-state index is 12.2. The maximum Gasteiger partial charge on any atom is 0.307 e. The number of carboxylic acids is 1. The van der Waals surface area contributed by atoms with E-state index in [9.17, 15) is 14.7 Å². The molecule has 2 rings (SSSR count). The molecule has 0 heterocycles. The lowest BCUT2D eigenvalue weighted by molar-refractivity contribution is -0.140. The monoisotopic (exact) mass is 277 g/mol. The lowest BCUT2D eigenvalue weighted by Gasteiger charge is -2.13. The van der Waals surface area contributed by atoms with Crippen molar-refractivity contribution in [2.24, 2.45) is 17.3 Å². The summed E-state index contributed by atoms with van der Waals surface area (Å²) in [6.07, 6.45) is -0.700. The predicted molar refractivity (Wildman–Crippen MR) is 74.1 cm³/mol. The van der Waals surface area contributed by atoms with Crippen LogP contribution < -0.4 is 5.32 Å². The molecular formula is C15H19NO4. The topological polar surface area (TPSA) is 86.6 Å². The Hall–Kier alpha value is -1.88. The van der Waals surface area contributed by atoms with E-state index in [-0.39, 0.29) is 5.91 Å². The summed E-state index contributed by atoms with van der Waals surface area (Å²) in [5, 5.41) is 21.5. The number of amides is 1. The maximum atomic E-state index is 12.2. The average Bonchev–Trinajstić information content (AvgIpc) is 2.93. The number of para-hydroxylation sites is 1. The molecule has 108 valence electrons. The number of hydrogen-bond donors (Lipinski definition) is 3. The smallest absolute Gasteiger partial charge is 0.307 e. The molecule has 1 aromatic rings. The van der Waals surface area contributed by atoms with Crippen molar-refractivity contribution in [1.29, 1.82) is 0 Å². The first-order chi connectivity index (χ1) is 9.26. The molecule has 1 aliphatic carbocycles. The highest BCUT2D eigenvalue weighted by Crippen LogP contribution is 2.58. The fraction of sp³-hybridized carbons (Fsp3) is 0.467. The third-order valence-corrected chi connectivity index (χ3v) is 4.04. The van der Waals surface area contributed by atoms with E-state index in [1.807, 2.05) is 0 Å². The Morgan fingerprint density at radius 3 is 2.35 bits per heavy atom. The lowest BCUT2D eigenvalue weighted by Crippen LogP contribution is -2.19. The zero-order valence-electron chi connectivity index (χ0n) is 11.8. The molecule has 0 radical (unpaired) electrons. The average molecular weight is 277 g/mol. The van der Waals surface area contributed by atoms with Gasteiger partial charge >= 0.3 is 5.97 Å². The van der Waals surface area contributed by atoms with Crippen molar-refractivity contribution in [3.8, 4) is 0 Å². The minimum Gasteiger partial charge on any atom is -0.481 e. The largest absolute Gasteiger partial charge is 0.481 e. The van der Waals surface area contributed by atoms with E-state index < -0.39 is 29.3 Å². The number of aliphatic carboxylic acids is 1. The summed E-state index contributed by atoms with van der Waals surface area (Å²) >= 11 is 0. The first-order valence-electron chi connectivity index (χ1n) is 6.57. The first kappa shape index (κ1) is 14.5. The third-order valence-electron chi connectivity index (χ3n) is 4.04. The van der Waals surface area contributed by atoms with Gasteiger partial charge in [0.25, 0.3) is 0 Å². The lowest BCUT2D eigenvalue weighted by atomic mass is 10.1. The molecule has 0 aliphatic heterocycles. The van der Waals surface area contributed by atoms with Crippen molar-refractivity contribution >= 4 is 17.6 Å². The Balaban J connectivity index is 2.16. The molecule has 0 spiro atoms. The van der Waals surface area contributed by atoms with E-state index >= 15 is 0 Å². The minimum atomic E-state index is -0.945. The standard InChI is InChI=1S/C15H19NO4/c1-8(17)9-6-4-5-7-10(9)16-13(18)11-12(14(19)20)15(11,2)3/h4-8,11-12,17H,1-3H3,(H,16,18)(H,19,20)/t8?,11-,12+/m1/s1. The van der Waals surface area contributed by atoms with Crippen LogP contribution in [0.1, 0.15) is 32.4 Å². The van der Waals surface area contributed by atoms with Gasteiger partial charge in [-0.05, 0) is 18.4 Å². The zero-order chi connectivity index (χ0) is 15.1. The highest BCUT2D eigenvalue weighted by Gasteiger charge is 2.65. The van der Waals surface area contributed by atoms with Crippen LogP contribution in [0, 0.1) is 17.3 Å². The van der Waals surface area contributed by atoms with Gasteiger partial charge in [0.2, 0.25) is 5.91 Å². The van der Waals surface area contributed by atoms with E-state index in [0.29, 0.717) is 11.3 Å². The van der Waals surface area contributed by atoms with Gasteiger partial charge in [0.15, 0.2) is 0 Å². The molecule has 3 atom stereocenters. The molecule has 1 unspecified atom stereocenters. The van der Waals surface area contributed by atoms with Crippen molar-refractivity contribution in [3.63, 3.8) is 0 Å². The summed E-state index contributed by atoms with van der Waals surface area (Å²) < 4.78 is 0. The quantitative estimate of drug-likeness (QED) is 0.786. The van der Waals surface area contributed by atoms with E-state index in [4.69, 9.17) is 5.11 Å². The Bertz CT molecular complexity index is 551. The second-order valence-electron chi connectivity index (χ2n) is 5.87. The number of hydrogen-bond acceptors (Lipinski definition) is 3. The number of anilines is 1. The number of carbonyl (C=O) groups is 2. The van der Waals surface area contributed by atoms with Crippen LogP contribution in [-0.4, -0.2) is 22.1 Å². The van der Waals surface area contributed by atoms with Crippen LogP contribution in [0.15, 0.2) is 24.3 Å². The van der Waals surface area contributed by atoms with Gasteiger partial charge in [-0.2, -0.15) is 0 Å². The molecular weight excluding hydrogens is 258 g/mol. The van der Waals surface area contributed by atoms with Gasteiger partial charge in [-0.15, -0.1) is 0 Å². The second-order valence-corrected chi connectivity index (χ2v) is 5.87. The normalized spacial score (nSPS) is 24.8. The number of aliphatic hydroxyl groups excluding tert-OH is 1. The summed E-state index contributed by atoms with van der Waals surface area (Å²) in [7, 11) is 0. The first-order valence-corrected chi connectivity index (χ1v) is 6.57. The van der Waals surface area contributed by atoms with Crippen LogP contribution in [0.2, 0.25) is 0 Å². The van der Waals surface area contributed by atoms with Crippen molar-refractivity contribution in [2.75, 3.05) is 5.32 Å². The molecule has 1 saturated carbocycles. The van der Waals surface area contributed by atoms with E-state index in [1.54, 1.807) is 45.0 Å². The Kier molecular flexibility index (Phi) is 3.56. The number of benzene rings is 1. The van der Waals surface area contributed by atoms with Crippen molar-refractivity contribution in [3.05, 3.63) is 29.8 Å².